The summed E-state index contributed by atoms with van der Waals surface area (Å²) in [5, 5.41) is 3.37. The number of hydrogen-bond donors (Lipinski definition) is 1. The van der Waals surface area contributed by atoms with Gasteiger partial charge >= 0.3 is 0 Å². The van der Waals surface area contributed by atoms with Crippen molar-refractivity contribution >= 4 is 42.1 Å². The van der Waals surface area contributed by atoms with E-state index in [9.17, 15) is 4.79 Å². The van der Waals surface area contributed by atoms with Crippen molar-refractivity contribution in [3.05, 3.63) is 16.1 Å². The number of halogens is 2. The number of aromatic nitrogens is 1. The van der Waals surface area contributed by atoms with Crippen LogP contribution in [0.2, 0.25) is 0 Å². The maximum Gasteiger partial charge on any atom is 0.225 e. The second-order valence-electron chi connectivity index (χ2n) is 6.46. The van der Waals surface area contributed by atoms with Crippen molar-refractivity contribution in [3.63, 3.8) is 0 Å². The van der Waals surface area contributed by atoms with E-state index in [0.717, 1.165) is 58.4 Å². The Morgan fingerprint density at radius 2 is 2.00 bits per heavy atom. The zero-order valence-electron chi connectivity index (χ0n) is 14.1. The van der Waals surface area contributed by atoms with Crippen LogP contribution in [0.15, 0.2) is 5.38 Å². The van der Waals surface area contributed by atoms with Crippen molar-refractivity contribution in [2.24, 2.45) is 11.7 Å². The van der Waals surface area contributed by atoms with Crippen molar-refractivity contribution in [2.45, 2.75) is 45.2 Å². The van der Waals surface area contributed by atoms with Crippen LogP contribution in [-0.2, 0) is 17.8 Å². The first kappa shape index (κ1) is 21.6. The Morgan fingerprint density at radius 3 is 2.54 bits per heavy atom. The van der Waals surface area contributed by atoms with E-state index in [2.05, 4.69) is 22.2 Å². The van der Waals surface area contributed by atoms with Gasteiger partial charge in [0, 0.05) is 50.1 Å². The van der Waals surface area contributed by atoms with E-state index in [1.807, 2.05) is 4.90 Å². The number of nitrogens with zero attached hydrogens (tertiary/aromatic N) is 3. The summed E-state index contributed by atoms with van der Waals surface area (Å²) in [5.41, 5.74) is 7.10. The smallest absolute Gasteiger partial charge is 0.225 e. The van der Waals surface area contributed by atoms with Gasteiger partial charge in [0.05, 0.1) is 10.7 Å². The number of rotatable bonds is 4. The third-order valence-corrected chi connectivity index (χ3v) is 5.84. The first-order valence-electron chi connectivity index (χ1n) is 8.35. The largest absolute Gasteiger partial charge is 0.340 e. The molecule has 138 valence electrons. The number of amides is 1. The fourth-order valence-corrected chi connectivity index (χ4v) is 4.17. The van der Waals surface area contributed by atoms with Gasteiger partial charge in [-0.3, -0.25) is 9.69 Å². The molecule has 0 spiro atoms. The van der Waals surface area contributed by atoms with Crippen LogP contribution in [0.1, 0.15) is 36.9 Å². The maximum absolute atomic E-state index is 12.5. The standard InChI is InChI=1S/C16H26N4OS.2ClH/c1-2-15-18-14(11-22-15)10-19-5-7-20(8-6-19)16(21)12-3-4-13(17)9-12;;/h11-13H,2-10,17H2,1H3;2*1H. The summed E-state index contributed by atoms with van der Waals surface area (Å²) in [7, 11) is 0. The van der Waals surface area contributed by atoms with Crippen LogP contribution in [0.4, 0.5) is 0 Å². The highest BCUT2D eigenvalue weighted by molar-refractivity contribution is 7.09. The SMILES string of the molecule is CCc1nc(CN2CCN(C(=O)C3CCC(N)C3)CC2)cs1.Cl.Cl. The van der Waals surface area contributed by atoms with Crippen molar-refractivity contribution in [2.75, 3.05) is 26.2 Å². The highest BCUT2D eigenvalue weighted by Crippen LogP contribution is 2.26. The minimum atomic E-state index is 0. The highest BCUT2D eigenvalue weighted by Gasteiger charge is 2.32. The Morgan fingerprint density at radius 1 is 1.29 bits per heavy atom. The molecule has 1 aliphatic carbocycles. The Bertz CT molecular complexity index is 520. The molecule has 2 heterocycles. The lowest BCUT2D eigenvalue weighted by Gasteiger charge is -2.35. The van der Waals surface area contributed by atoms with Gasteiger partial charge in [-0.05, 0) is 25.7 Å². The van der Waals surface area contributed by atoms with E-state index in [1.165, 1.54) is 10.7 Å². The van der Waals surface area contributed by atoms with Gasteiger partial charge in [-0.15, -0.1) is 36.2 Å². The highest BCUT2D eigenvalue weighted by atomic mass is 35.5. The molecule has 1 amide bonds. The predicted molar refractivity (Wildman–Crippen MR) is 103 cm³/mol. The van der Waals surface area contributed by atoms with E-state index >= 15 is 0 Å². The Kier molecular flexibility index (Phi) is 8.95. The van der Waals surface area contributed by atoms with Crippen LogP contribution in [0.5, 0.6) is 0 Å². The number of aryl methyl sites for hydroxylation is 1. The van der Waals surface area contributed by atoms with Crippen LogP contribution in [-0.4, -0.2) is 52.9 Å². The topological polar surface area (TPSA) is 62.5 Å². The van der Waals surface area contributed by atoms with Gasteiger partial charge in [-0.25, -0.2) is 4.98 Å². The fraction of sp³-hybridized carbons (Fsp3) is 0.750. The lowest BCUT2D eigenvalue weighted by molar-refractivity contribution is -0.137. The molecule has 1 aliphatic heterocycles. The summed E-state index contributed by atoms with van der Waals surface area (Å²) in [4.78, 5) is 21.6. The zero-order valence-corrected chi connectivity index (χ0v) is 16.6. The summed E-state index contributed by atoms with van der Waals surface area (Å²) in [6, 6.07) is 0.229. The van der Waals surface area contributed by atoms with Crippen molar-refractivity contribution in [1.29, 1.82) is 0 Å². The summed E-state index contributed by atoms with van der Waals surface area (Å²) < 4.78 is 0. The average Bonchev–Trinajstić information content (AvgIpc) is 3.16. The number of thiazole rings is 1. The van der Waals surface area contributed by atoms with E-state index in [0.29, 0.717) is 5.91 Å². The van der Waals surface area contributed by atoms with Crippen LogP contribution < -0.4 is 5.73 Å². The first-order chi connectivity index (χ1) is 10.7. The fourth-order valence-electron chi connectivity index (χ4n) is 3.44. The van der Waals surface area contributed by atoms with Gasteiger partial charge in [-0.1, -0.05) is 6.92 Å². The zero-order chi connectivity index (χ0) is 15.5. The predicted octanol–water partition coefficient (Wildman–Crippen LogP) is 2.32. The quantitative estimate of drug-likeness (QED) is 0.850. The minimum Gasteiger partial charge on any atom is -0.340 e. The van der Waals surface area contributed by atoms with E-state index < -0.39 is 0 Å². The van der Waals surface area contributed by atoms with Gasteiger partial charge in [0.15, 0.2) is 0 Å². The summed E-state index contributed by atoms with van der Waals surface area (Å²) in [5.74, 6) is 0.502. The third-order valence-electron chi connectivity index (χ3n) is 4.79. The molecule has 2 fully saturated rings. The maximum atomic E-state index is 12.5. The second-order valence-corrected chi connectivity index (χ2v) is 7.40. The lowest BCUT2D eigenvalue weighted by atomic mass is 10.1. The summed E-state index contributed by atoms with van der Waals surface area (Å²) in [6.07, 6.45) is 3.85. The summed E-state index contributed by atoms with van der Waals surface area (Å²) in [6.45, 7) is 6.63. The molecule has 0 radical (unpaired) electrons. The van der Waals surface area contributed by atoms with Crippen molar-refractivity contribution < 1.29 is 4.79 Å². The Hall–Kier alpha value is -0.400. The number of carbonyl (C=O) groups excluding carboxylic acids is 1. The van der Waals surface area contributed by atoms with E-state index in [4.69, 9.17) is 5.73 Å². The van der Waals surface area contributed by atoms with Gasteiger partial charge in [0.2, 0.25) is 5.91 Å². The molecule has 1 aromatic rings. The van der Waals surface area contributed by atoms with Crippen LogP contribution in [0.25, 0.3) is 0 Å². The molecular weight excluding hydrogens is 367 g/mol. The number of piperazine rings is 1. The molecule has 0 bridgehead atoms. The average molecular weight is 395 g/mol. The van der Waals surface area contributed by atoms with Crippen LogP contribution >= 0.6 is 36.2 Å². The minimum absolute atomic E-state index is 0. The molecular formula is C16H28Cl2N4OS. The monoisotopic (exact) mass is 394 g/mol. The second kappa shape index (κ2) is 9.92. The van der Waals surface area contributed by atoms with Crippen LogP contribution in [0.3, 0.4) is 0 Å². The first-order valence-corrected chi connectivity index (χ1v) is 9.23. The van der Waals surface area contributed by atoms with Gasteiger partial charge in [0.1, 0.15) is 0 Å². The molecule has 2 N–H and O–H groups in total. The van der Waals surface area contributed by atoms with Crippen molar-refractivity contribution in [3.8, 4) is 0 Å². The Balaban J connectivity index is 0.00000144. The molecule has 3 rings (SSSR count). The summed E-state index contributed by atoms with van der Waals surface area (Å²) >= 11 is 1.75. The molecule has 8 heteroatoms. The molecule has 24 heavy (non-hydrogen) atoms. The molecule has 2 unspecified atom stereocenters. The van der Waals surface area contributed by atoms with Crippen molar-refractivity contribution in [1.82, 2.24) is 14.8 Å². The molecule has 1 saturated carbocycles. The van der Waals surface area contributed by atoms with E-state index in [-0.39, 0.29) is 36.8 Å². The molecule has 1 saturated heterocycles. The molecule has 2 aliphatic rings. The molecule has 5 nitrogen and oxygen atoms in total. The van der Waals surface area contributed by atoms with Crippen LogP contribution in [0, 0.1) is 5.92 Å². The molecule has 2 atom stereocenters. The molecule has 0 aromatic carbocycles. The number of carbonyl (C=O) groups is 1. The van der Waals surface area contributed by atoms with E-state index in [1.54, 1.807) is 11.3 Å². The van der Waals surface area contributed by atoms with Gasteiger partial charge in [-0.2, -0.15) is 0 Å². The lowest BCUT2D eigenvalue weighted by Crippen LogP contribution is -2.49. The number of nitrogens with two attached hydrogens (primary N) is 1. The van der Waals surface area contributed by atoms with Gasteiger partial charge in [0.25, 0.3) is 0 Å². The Labute approximate surface area is 160 Å². The number of hydrogen-bond acceptors (Lipinski definition) is 5. The molecule has 1 aromatic heterocycles. The normalized spacial score (nSPS) is 24.3. The third kappa shape index (κ3) is 5.30. The van der Waals surface area contributed by atoms with Gasteiger partial charge < -0.3 is 10.6 Å².